The van der Waals surface area contributed by atoms with Gasteiger partial charge in [-0.1, -0.05) is 38.5 Å². The Morgan fingerprint density at radius 1 is 1.29 bits per heavy atom. The average Bonchev–Trinajstić information content (AvgIpc) is 2.18. The minimum Gasteiger partial charge on any atom is -0.391 e. The highest BCUT2D eigenvalue weighted by Gasteiger charge is 2.30. The monoisotopic (exact) mass is 261 g/mol. The van der Waals surface area contributed by atoms with Crippen LogP contribution in [0.4, 0.5) is 4.39 Å². The van der Waals surface area contributed by atoms with Gasteiger partial charge < -0.3 is 10.8 Å². The van der Waals surface area contributed by atoms with Gasteiger partial charge >= 0.3 is 0 Å². The number of aliphatic hydroxyl groups is 1. The van der Waals surface area contributed by atoms with Gasteiger partial charge in [-0.05, 0) is 18.4 Å². The van der Waals surface area contributed by atoms with Crippen molar-refractivity contribution in [3.8, 4) is 0 Å². The Labute approximate surface area is 108 Å². The summed E-state index contributed by atoms with van der Waals surface area (Å²) in [6.45, 7) is 7.51. The molecule has 1 aromatic rings. The third-order valence-corrected chi connectivity index (χ3v) is 2.74. The summed E-state index contributed by atoms with van der Waals surface area (Å²) in [5.41, 5.74) is 6.85. The van der Waals surface area contributed by atoms with Crippen molar-refractivity contribution in [3.63, 3.8) is 0 Å². The number of halogens is 2. The molecular formula is C13H21ClFNO. The van der Waals surface area contributed by atoms with Gasteiger partial charge in [0, 0.05) is 5.56 Å². The lowest BCUT2D eigenvalue weighted by Crippen LogP contribution is -2.37. The van der Waals surface area contributed by atoms with Crippen molar-refractivity contribution in [1.82, 2.24) is 0 Å². The first-order valence-electron chi connectivity index (χ1n) is 5.43. The molecule has 2 atom stereocenters. The average molecular weight is 262 g/mol. The van der Waals surface area contributed by atoms with Crippen molar-refractivity contribution in [2.45, 2.75) is 39.8 Å². The van der Waals surface area contributed by atoms with E-state index in [9.17, 15) is 9.50 Å². The normalized spacial score (nSPS) is 15.0. The lowest BCUT2D eigenvalue weighted by atomic mass is 9.82. The van der Waals surface area contributed by atoms with Crippen LogP contribution in [0.1, 0.15) is 37.9 Å². The number of hydrogen-bond acceptors (Lipinski definition) is 2. The minimum absolute atomic E-state index is 0. The van der Waals surface area contributed by atoms with E-state index in [1.165, 1.54) is 6.07 Å². The van der Waals surface area contributed by atoms with Crippen LogP contribution < -0.4 is 5.73 Å². The number of aliphatic hydroxyl groups excluding tert-OH is 1. The van der Waals surface area contributed by atoms with Gasteiger partial charge in [0.05, 0.1) is 12.1 Å². The van der Waals surface area contributed by atoms with E-state index in [-0.39, 0.29) is 23.6 Å². The highest BCUT2D eigenvalue weighted by Crippen LogP contribution is 2.29. The zero-order valence-corrected chi connectivity index (χ0v) is 11.5. The van der Waals surface area contributed by atoms with Crippen LogP contribution in [0.3, 0.4) is 0 Å². The maximum absolute atomic E-state index is 13.6. The van der Waals surface area contributed by atoms with E-state index in [1.807, 2.05) is 27.7 Å². The molecule has 0 bridgehead atoms. The Morgan fingerprint density at radius 3 is 2.29 bits per heavy atom. The molecule has 3 N–H and O–H groups in total. The molecule has 0 heterocycles. The van der Waals surface area contributed by atoms with E-state index in [4.69, 9.17) is 5.73 Å². The Balaban J connectivity index is 0.00000256. The van der Waals surface area contributed by atoms with E-state index in [1.54, 1.807) is 12.1 Å². The molecule has 0 amide bonds. The molecule has 0 aliphatic rings. The minimum atomic E-state index is -0.774. The van der Waals surface area contributed by atoms with Crippen molar-refractivity contribution < 1.29 is 9.50 Å². The second-order valence-electron chi connectivity index (χ2n) is 5.36. The van der Waals surface area contributed by atoms with Crippen LogP contribution in [0.2, 0.25) is 0 Å². The summed E-state index contributed by atoms with van der Waals surface area (Å²) in [5.74, 6) is -0.360. The van der Waals surface area contributed by atoms with Crippen LogP contribution in [0.15, 0.2) is 18.2 Å². The highest BCUT2D eigenvalue weighted by molar-refractivity contribution is 5.85. The second-order valence-corrected chi connectivity index (χ2v) is 5.36. The van der Waals surface area contributed by atoms with Gasteiger partial charge in [-0.25, -0.2) is 4.39 Å². The first-order valence-corrected chi connectivity index (χ1v) is 5.43. The van der Waals surface area contributed by atoms with E-state index < -0.39 is 12.1 Å². The van der Waals surface area contributed by atoms with Gasteiger partial charge in [0.2, 0.25) is 0 Å². The molecule has 0 aliphatic heterocycles. The molecule has 2 nitrogen and oxygen atoms in total. The summed E-state index contributed by atoms with van der Waals surface area (Å²) >= 11 is 0. The Bertz CT molecular complexity index is 376. The summed E-state index contributed by atoms with van der Waals surface area (Å²) < 4.78 is 13.6. The Kier molecular flexibility index (Phi) is 5.59. The zero-order chi connectivity index (χ0) is 12.5. The van der Waals surface area contributed by atoms with Crippen LogP contribution in [0.25, 0.3) is 0 Å². The standard InChI is InChI=1S/C13H20FNO.ClH/c1-8-5-6-10(14)9(7-8)11(15)12(16)13(2,3)4;/h5-7,11-12,16H,15H2,1-4H3;1H/t11-,12-;/m0./s1. The summed E-state index contributed by atoms with van der Waals surface area (Å²) in [5, 5.41) is 10.0. The van der Waals surface area contributed by atoms with Gasteiger partial charge in [-0.2, -0.15) is 0 Å². The molecule has 0 spiro atoms. The van der Waals surface area contributed by atoms with Crippen molar-refractivity contribution in [1.29, 1.82) is 0 Å². The number of benzene rings is 1. The molecule has 17 heavy (non-hydrogen) atoms. The van der Waals surface area contributed by atoms with E-state index in [0.29, 0.717) is 5.56 Å². The fourth-order valence-corrected chi connectivity index (χ4v) is 1.63. The van der Waals surface area contributed by atoms with Crippen LogP contribution in [-0.4, -0.2) is 11.2 Å². The molecule has 0 saturated heterocycles. The smallest absolute Gasteiger partial charge is 0.128 e. The largest absolute Gasteiger partial charge is 0.391 e. The first-order chi connectivity index (χ1) is 7.23. The number of rotatable bonds is 2. The molecule has 0 aromatic heterocycles. The van der Waals surface area contributed by atoms with Crippen molar-refractivity contribution in [2.24, 2.45) is 11.1 Å². The van der Waals surface area contributed by atoms with Crippen molar-refractivity contribution in [3.05, 3.63) is 35.1 Å². The van der Waals surface area contributed by atoms with E-state index in [2.05, 4.69) is 0 Å². The maximum atomic E-state index is 13.6. The van der Waals surface area contributed by atoms with Gasteiger partial charge in [0.1, 0.15) is 5.82 Å². The highest BCUT2D eigenvalue weighted by atomic mass is 35.5. The quantitative estimate of drug-likeness (QED) is 0.860. The maximum Gasteiger partial charge on any atom is 0.128 e. The summed E-state index contributed by atoms with van der Waals surface area (Å²) in [6, 6.07) is 4.07. The van der Waals surface area contributed by atoms with Gasteiger partial charge in [-0.15, -0.1) is 12.4 Å². The van der Waals surface area contributed by atoms with Gasteiger partial charge in [-0.3, -0.25) is 0 Å². The predicted molar refractivity (Wildman–Crippen MR) is 70.8 cm³/mol. The lowest BCUT2D eigenvalue weighted by Gasteiger charge is -2.31. The van der Waals surface area contributed by atoms with Gasteiger partial charge in [0.15, 0.2) is 0 Å². The van der Waals surface area contributed by atoms with E-state index >= 15 is 0 Å². The van der Waals surface area contributed by atoms with Crippen LogP contribution in [-0.2, 0) is 0 Å². The van der Waals surface area contributed by atoms with E-state index in [0.717, 1.165) is 5.56 Å². The SMILES string of the molecule is Cc1ccc(F)c([C@H](N)[C@H](O)C(C)(C)C)c1.Cl. The lowest BCUT2D eigenvalue weighted by molar-refractivity contribution is 0.0391. The molecule has 0 fully saturated rings. The molecule has 1 aromatic carbocycles. The number of nitrogens with two attached hydrogens (primary N) is 1. The van der Waals surface area contributed by atoms with Crippen molar-refractivity contribution >= 4 is 12.4 Å². The molecule has 0 radical (unpaired) electrons. The number of hydrogen-bond donors (Lipinski definition) is 2. The first kappa shape index (κ1) is 16.4. The molecular weight excluding hydrogens is 241 g/mol. The second kappa shape index (κ2) is 5.80. The number of aryl methyl sites for hydroxylation is 1. The van der Waals surface area contributed by atoms with Gasteiger partial charge in [0.25, 0.3) is 0 Å². The molecule has 0 unspecified atom stereocenters. The van der Waals surface area contributed by atoms with Crippen LogP contribution in [0, 0.1) is 18.2 Å². The van der Waals surface area contributed by atoms with Crippen LogP contribution in [0.5, 0.6) is 0 Å². The summed E-state index contributed by atoms with van der Waals surface area (Å²) in [4.78, 5) is 0. The summed E-state index contributed by atoms with van der Waals surface area (Å²) in [7, 11) is 0. The molecule has 4 heteroatoms. The topological polar surface area (TPSA) is 46.2 Å². The molecule has 1 rings (SSSR count). The fraction of sp³-hybridized carbons (Fsp3) is 0.538. The third kappa shape index (κ3) is 3.95. The molecule has 98 valence electrons. The zero-order valence-electron chi connectivity index (χ0n) is 10.7. The predicted octanol–water partition coefficient (Wildman–Crippen LogP) is 2.96. The third-order valence-electron chi connectivity index (χ3n) is 2.74. The molecule has 0 saturated carbocycles. The summed E-state index contributed by atoms with van der Waals surface area (Å²) in [6.07, 6.45) is -0.774. The fourth-order valence-electron chi connectivity index (χ4n) is 1.63. The Morgan fingerprint density at radius 2 is 1.82 bits per heavy atom. The molecule has 0 aliphatic carbocycles. The Hall–Kier alpha value is -0.640. The van der Waals surface area contributed by atoms with Crippen LogP contribution >= 0.6 is 12.4 Å². The van der Waals surface area contributed by atoms with Crippen molar-refractivity contribution in [2.75, 3.05) is 0 Å².